The maximum atomic E-state index is 5.78. The first kappa shape index (κ1) is 7.87. The number of hydrogen-bond donors (Lipinski definition) is 0. The van der Waals surface area contributed by atoms with Crippen molar-refractivity contribution >= 4 is 11.6 Å². The zero-order valence-corrected chi connectivity index (χ0v) is 7.28. The summed E-state index contributed by atoms with van der Waals surface area (Å²) >= 11 is 5.78. The third-order valence-electron chi connectivity index (χ3n) is 2.22. The average molecular weight is 157 g/mol. The molecule has 0 heterocycles. The van der Waals surface area contributed by atoms with E-state index in [1.807, 2.05) is 6.08 Å². The minimum atomic E-state index is 0.360. The van der Waals surface area contributed by atoms with Crippen molar-refractivity contribution in [3.63, 3.8) is 0 Å². The Morgan fingerprint density at radius 1 is 1.70 bits per heavy atom. The summed E-state index contributed by atoms with van der Waals surface area (Å²) in [6, 6.07) is 0. The Hall–Kier alpha value is -0.230. The Kier molecular flexibility index (Phi) is 2.20. The lowest BCUT2D eigenvalue weighted by atomic mass is 9.81. The highest BCUT2D eigenvalue weighted by molar-refractivity contribution is 6.31. The van der Waals surface area contributed by atoms with Gasteiger partial charge in [-0.1, -0.05) is 37.6 Å². The van der Waals surface area contributed by atoms with Crippen LogP contribution in [0.15, 0.2) is 23.3 Å². The molecule has 0 aliphatic heterocycles. The van der Waals surface area contributed by atoms with Crippen molar-refractivity contribution < 1.29 is 0 Å². The molecule has 0 spiro atoms. The summed E-state index contributed by atoms with van der Waals surface area (Å²) in [6.45, 7) is 4.46. The summed E-state index contributed by atoms with van der Waals surface area (Å²) in [5.74, 6) is 0. The van der Waals surface area contributed by atoms with Gasteiger partial charge in [0.05, 0.1) is 0 Å². The lowest BCUT2D eigenvalue weighted by molar-refractivity contribution is 0.413. The van der Waals surface area contributed by atoms with Crippen LogP contribution in [0.25, 0.3) is 0 Å². The highest BCUT2D eigenvalue weighted by Gasteiger charge is 2.18. The van der Waals surface area contributed by atoms with Crippen LogP contribution in [0.5, 0.6) is 0 Å². The second kappa shape index (κ2) is 2.79. The summed E-state index contributed by atoms with van der Waals surface area (Å²) in [4.78, 5) is 0. The Morgan fingerprint density at radius 3 is 2.80 bits per heavy atom. The van der Waals surface area contributed by atoms with Crippen molar-refractivity contribution in [3.05, 3.63) is 23.3 Å². The third-order valence-corrected chi connectivity index (χ3v) is 2.50. The monoisotopic (exact) mass is 156 g/mol. The third kappa shape index (κ3) is 1.63. The molecule has 1 heteroatoms. The molecule has 1 atom stereocenters. The van der Waals surface area contributed by atoms with Crippen LogP contribution in [-0.2, 0) is 0 Å². The van der Waals surface area contributed by atoms with Crippen molar-refractivity contribution in [1.82, 2.24) is 0 Å². The summed E-state index contributed by atoms with van der Waals surface area (Å²) < 4.78 is 0. The van der Waals surface area contributed by atoms with Crippen LogP contribution in [0.1, 0.15) is 26.7 Å². The predicted molar refractivity (Wildman–Crippen MR) is 46.1 cm³/mol. The van der Waals surface area contributed by atoms with Crippen LogP contribution < -0.4 is 0 Å². The fraction of sp³-hybridized carbons (Fsp3) is 0.556. The van der Waals surface area contributed by atoms with Crippen molar-refractivity contribution in [1.29, 1.82) is 0 Å². The number of allylic oxidation sites excluding steroid dienone is 4. The molecule has 1 aliphatic rings. The van der Waals surface area contributed by atoms with Crippen molar-refractivity contribution in [3.8, 4) is 0 Å². The first-order valence-electron chi connectivity index (χ1n) is 3.71. The van der Waals surface area contributed by atoms with Gasteiger partial charge in [-0.15, -0.1) is 0 Å². The van der Waals surface area contributed by atoms with Gasteiger partial charge in [0.1, 0.15) is 0 Å². The Bertz CT molecular complexity index is 179. The van der Waals surface area contributed by atoms with E-state index in [0.29, 0.717) is 5.41 Å². The zero-order valence-electron chi connectivity index (χ0n) is 6.52. The molecule has 0 nitrogen and oxygen atoms in total. The van der Waals surface area contributed by atoms with Gasteiger partial charge in [0.25, 0.3) is 0 Å². The fourth-order valence-corrected chi connectivity index (χ4v) is 1.15. The molecule has 0 aromatic heterocycles. The van der Waals surface area contributed by atoms with E-state index in [1.165, 1.54) is 6.42 Å². The molecular weight excluding hydrogens is 144 g/mol. The standard InChI is InChI=1S/C9H13Cl/c1-3-9(2)6-4-8(10)5-7-9/h4-6H,3,7H2,1-2H3. The van der Waals surface area contributed by atoms with E-state index in [0.717, 1.165) is 11.5 Å². The molecule has 0 N–H and O–H groups in total. The molecule has 0 saturated heterocycles. The lowest BCUT2D eigenvalue weighted by Crippen LogP contribution is -2.12. The highest BCUT2D eigenvalue weighted by atomic mass is 35.5. The molecule has 1 aliphatic carbocycles. The summed E-state index contributed by atoms with van der Waals surface area (Å²) in [5, 5.41) is 0.880. The van der Waals surface area contributed by atoms with E-state index < -0.39 is 0 Å². The van der Waals surface area contributed by atoms with E-state index in [9.17, 15) is 0 Å². The molecule has 1 rings (SSSR count). The Morgan fingerprint density at radius 2 is 2.40 bits per heavy atom. The first-order chi connectivity index (χ1) is 4.66. The maximum absolute atomic E-state index is 5.78. The normalized spacial score (nSPS) is 32.1. The minimum absolute atomic E-state index is 0.360. The quantitative estimate of drug-likeness (QED) is 0.545. The van der Waals surface area contributed by atoms with Crippen LogP contribution >= 0.6 is 11.6 Å². The van der Waals surface area contributed by atoms with Gasteiger partial charge in [0.2, 0.25) is 0 Å². The number of hydrogen-bond acceptors (Lipinski definition) is 0. The topological polar surface area (TPSA) is 0 Å². The molecule has 0 fully saturated rings. The van der Waals surface area contributed by atoms with Crippen LogP contribution in [0.3, 0.4) is 0 Å². The van der Waals surface area contributed by atoms with Crippen LogP contribution in [0.4, 0.5) is 0 Å². The van der Waals surface area contributed by atoms with E-state index >= 15 is 0 Å². The Labute approximate surface area is 67.6 Å². The molecule has 0 aromatic rings. The van der Waals surface area contributed by atoms with Crippen LogP contribution in [0, 0.1) is 5.41 Å². The molecular formula is C9H13Cl. The second-order valence-electron chi connectivity index (χ2n) is 3.13. The largest absolute Gasteiger partial charge is 0.0847 e. The molecule has 0 amide bonds. The SMILES string of the molecule is CCC1(C)C=CC(Cl)=CC1. The molecule has 1 unspecified atom stereocenters. The average Bonchev–Trinajstić information content (AvgIpc) is 1.96. The number of halogens is 1. The van der Waals surface area contributed by atoms with Crippen molar-refractivity contribution in [2.45, 2.75) is 26.7 Å². The summed E-state index contributed by atoms with van der Waals surface area (Å²) in [5.41, 5.74) is 0.360. The minimum Gasteiger partial charge on any atom is -0.0847 e. The van der Waals surface area contributed by atoms with Gasteiger partial charge in [-0.05, 0) is 24.3 Å². The highest BCUT2D eigenvalue weighted by Crippen LogP contribution is 2.32. The second-order valence-corrected chi connectivity index (χ2v) is 3.57. The maximum Gasteiger partial charge on any atom is 0.0363 e. The summed E-state index contributed by atoms with van der Waals surface area (Å²) in [6.07, 6.45) is 8.55. The molecule has 0 bridgehead atoms. The fourth-order valence-electron chi connectivity index (χ4n) is 1.01. The van der Waals surface area contributed by atoms with Crippen molar-refractivity contribution in [2.24, 2.45) is 5.41 Å². The van der Waals surface area contributed by atoms with E-state index in [2.05, 4.69) is 26.0 Å². The van der Waals surface area contributed by atoms with Crippen LogP contribution in [0.2, 0.25) is 0 Å². The van der Waals surface area contributed by atoms with Gasteiger partial charge in [-0.3, -0.25) is 0 Å². The first-order valence-corrected chi connectivity index (χ1v) is 4.09. The molecule has 0 saturated carbocycles. The smallest absolute Gasteiger partial charge is 0.0363 e. The number of rotatable bonds is 1. The molecule has 0 radical (unpaired) electrons. The zero-order chi connectivity index (χ0) is 7.61. The van der Waals surface area contributed by atoms with E-state index in [-0.39, 0.29) is 0 Å². The van der Waals surface area contributed by atoms with E-state index in [1.54, 1.807) is 0 Å². The van der Waals surface area contributed by atoms with Crippen molar-refractivity contribution in [2.75, 3.05) is 0 Å². The Balaban J connectivity index is 2.67. The van der Waals surface area contributed by atoms with Gasteiger partial charge in [-0.2, -0.15) is 0 Å². The molecule has 10 heavy (non-hydrogen) atoms. The van der Waals surface area contributed by atoms with Gasteiger partial charge >= 0.3 is 0 Å². The van der Waals surface area contributed by atoms with Gasteiger partial charge in [0.15, 0.2) is 0 Å². The molecule has 0 aromatic carbocycles. The van der Waals surface area contributed by atoms with E-state index in [4.69, 9.17) is 11.6 Å². The summed E-state index contributed by atoms with van der Waals surface area (Å²) in [7, 11) is 0. The lowest BCUT2D eigenvalue weighted by Gasteiger charge is -2.24. The molecule has 56 valence electrons. The van der Waals surface area contributed by atoms with Gasteiger partial charge in [-0.25, -0.2) is 0 Å². The van der Waals surface area contributed by atoms with Crippen LogP contribution in [-0.4, -0.2) is 0 Å². The van der Waals surface area contributed by atoms with Gasteiger partial charge < -0.3 is 0 Å². The van der Waals surface area contributed by atoms with Gasteiger partial charge in [0, 0.05) is 5.03 Å². The predicted octanol–water partition coefficient (Wildman–Crippen LogP) is 3.49.